The van der Waals surface area contributed by atoms with Gasteiger partial charge >= 0.3 is 0 Å². The van der Waals surface area contributed by atoms with Gasteiger partial charge < -0.3 is 34.6 Å². The molecule has 3 aliphatic rings. The van der Waals surface area contributed by atoms with Gasteiger partial charge in [0, 0.05) is 52.2 Å². The summed E-state index contributed by atoms with van der Waals surface area (Å²) >= 11 is 0. The number of rotatable bonds is 13. The Morgan fingerprint density at radius 3 is 2.51 bits per heavy atom. The van der Waals surface area contributed by atoms with Crippen molar-refractivity contribution >= 4 is 29.1 Å². The fourth-order valence-corrected chi connectivity index (χ4v) is 6.09. The van der Waals surface area contributed by atoms with Crippen molar-refractivity contribution in [2.75, 3.05) is 50.3 Å². The number of nitrogens with zero attached hydrogens (tertiary/aromatic N) is 2. The lowest BCUT2D eigenvalue weighted by Gasteiger charge is -2.40. The average Bonchev–Trinajstić information content (AvgIpc) is 3.80. The highest BCUT2D eigenvalue weighted by Gasteiger charge is 2.44. The van der Waals surface area contributed by atoms with Crippen molar-refractivity contribution in [1.82, 2.24) is 10.6 Å². The Morgan fingerprint density at radius 1 is 1.19 bits per heavy atom. The van der Waals surface area contributed by atoms with Crippen LogP contribution in [-0.2, 0) is 23.9 Å². The van der Waals surface area contributed by atoms with Crippen LogP contribution in [0.3, 0.4) is 0 Å². The van der Waals surface area contributed by atoms with Crippen LogP contribution in [0.25, 0.3) is 0 Å². The minimum absolute atomic E-state index is 0.0118. The molecule has 1 saturated heterocycles. The Kier molecular flexibility index (Phi) is 10.4. The van der Waals surface area contributed by atoms with Crippen LogP contribution >= 0.6 is 0 Å². The van der Waals surface area contributed by atoms with Gasteiger partial charge in [0.2, 0.25) is 11.8 Å². The zero-order valence-electron chi connectivity index (χ0n) is 27.3. The summed E-state index contributed by atoms with van der Waals surface area (Å²) in [5.41, 5.74) is -0.0646. The largest absolute Gasteiger partial charge is 0.476 e. The maximum Gasteiger partial charge on any atom is 0.270 e. The van der Waals surface area contributed by atoms with E-state index in [1.165, 1.54) is 0 Å². The lowest BCUT2D eigenvalue weighted by atomic mass is 9.86. The number of anilines is 2. The number of amides is 3. The van der Waals surface area contributed by atoms with Crippen molar-refractivity contribution in [3.63, 3.8) is 0 Å². The molecule has 240 valence electrons. The first-order valence-electron chi connectivity index (χ1n) is 15.8. The van der Waals surface area contributed by atoms with E-state index in [1.807, 2.05) is 36.9 Å². The van der Waals surface area contributed by atoms with Gasteiger partial charge in [0.1, 0.15) is 5.75 Å². The minimum atomic E-state index is -0.983. The van der Waals surface area contributed by atoms with Gasteiger partial charge in [-0.15, -0.1) is 0 Å². The third-order valence-corrected chi connectivity index (χ3v) is 8.98. The Morgan fingerprint density at radius 2 is 1.88 bits per heavy atom. The maximum atomic E-state index is 14.2. The summed E-state index contributed by atoms with van der Waals surface area (Å²) in [5, 5.41) is 6.60. The van der Waals surface area contributed by atoms with E-state index >= 15 is 0 Å². The Bertz CT molecular complexity index is 1160. The molecule has 43 heavy (non-hydrogen) atoms. The van der Waals surface area contributed by atoms with Crippen LogP contribution in [0.15, 0.2) is 18.2 Å². The van der Waals surface area contributed by atoms with Gasteiger partial charge in [0.05, 0.1) is 29.2 Å². The molecule has 3 amide bonds. The molecule has 10 nitrogen and oxygen atoms in total. The number of ether oxygens (including phenoxy) is 3. The molecule has 0 radical (unpaired) electrons. The Hall–Kier alpha value is -2.69. The van der Waals surface area contributed by atoms with Crippen molar-refractivity contribution in [1.29, 1.82) is 0 Å². The molecule has 10 heteroatoms. The van der Waals surface area contributed by atoms with E-state index in [2.05, 4.69) is 24.5 Å². The fraction of sp³-hybridized carbons (Fsp3) is 0.727. The lowest BCUT2D eigenvalue weighted by Crippen LogP contribution is -2.55. The van der Waals surface area contributed by atoms with Crippen molar-refractivity contribution in [2.24, 2.45) is 17.8 Å². The van der Waals surface area contributed by atoms with Crippen LogP contribution < -0.4 is 25.2 Å². The summed E-state index contributed by atoms with van der Waals surface area (Å²) in [6, 6.07) is 5.66. The van der Waals surface area contributed by atoms with Gasteiger partial charge in [-0.1, -0.05) is 13.8 Å². The molecule has 0 spiro atoms. The van der Waals surface area contributed by atoms with Gasteiger partial charge in [0.25, 0.3) is 5.91 Å². The zero-order chi connectivity index (χ0) is 31.5. The molecule has 0 bridgehead atoms. The van der Waals surface area contributed by atoms with Crippen molar-refractivity contribution in [3.8, 4) is 5.75 Å². The molecular formula is C33H52N4O6. The topological polar surface area (TPSA) is 109 Å². The average molecular weight is 601 g/mol. The van der Waals surface area contributed by atoms with Crippen molar-refractivity contribution in [2.45, 2.75) is 96.9 Å². The van der Waals surface area contributed by atoms with Crippen LogP contribution in [-0.4, -0.2) is 81.5 Å². The van der Waals surface area contributed by atoms with E-state index in [4.69, 9.17) is 14.2 Å². The van der Waals surface area contributed by atoms with Crippen molar-refractivity contribution in [3.05, 3.63) is 18.2 Å². The highest BCUT2D eigenvalue weighted by atomic mass is 16.5. The summed E-state index contributed by atoms with van der Waals surface area (Å²) in [6.07, 6.45) is 3.82. The van der Waals surface area contributed by atoms with E-state index < -0.39 is 11.2 Å². The standard InChI is InChI=1S/C33H52N4O6/c1-21(2)16-28(32(3,4)42-8)35-29(38)22-17-23(20-34-19-22)30(39)37(24-10-11-24)25-12-13-27-26(18-25)36(14-9-15-41-7)31(40)33(5,6)43-27/h12-13,18,21-24,28,34H,9-11,14-17,19-20H2,1-8H3,(H,35,38)/t22-,23+,28-/m0/s1. The second kappa shape index (κ2) is 13.5. The van der Waals surface area contributed by atoms with E-state index in [9.17, 15) is 14.4 Å². The number of nitrogens with one attached hydrogen (secondary N) is 2. The van der Waals surface area contributed by atoms with Crippen LogP contribution in [0.1, 0.15) is 73.6 Å². The third-order valence-electron chi connectivity index (χ3n) is 8.98. The summed E-state index contributed by atoms with van der Waals surface area (Å²) in [5.74, 6) is 0.212. The first-order valence-corrected chi connectivity index (χ1v) is 15.8. The Labute approximate surface area is 257 Å². The third kappa shape index (κ3) is 7.70. The van der Waals surface area contributed by atoms with E-state index in [-0.39, 0.29) is 41.6 Å². The minimum Gasteiger partial charge on any atom is -0.476 e. The second-order valence-electron chi connectivity index (χ2n) is 13.8. The number of carbonyl (C=O) groups excluding carboxylic acids is 3. The molecule has 0 unspecified atom stereocenters. The van der Waals surface area contributed by atoms with Crippen molar-refractivity contribution < 1.29 is 28.6 Å². The van der Waals surface area contributed by atoms with E-state index in [0.29, 0.717) is 56.4 Å². The van der Waals surface area contributed by atoms with Gasteiger partial charge in [0.15, 0.2) is 5.60 Å². The van der Waals surface area contributed by atoms with Gasteiger partial charge in [-0.25, -0.2) is 0 Å². The number of hydrogen-bond acceptors (Lipinski definition) is 7. The molecule has 1 aromatic carbocycles. The van der Waals surface area contributed by atoms with Crippen LogP contribution in [0, 0.1) is 17.8 Å². The molecule has 2 aliphatic heterocycles. The van der Waals surface area contributed by atoms with Crippen LogP contribution in [0.4, 0.5) is 11.4 Å². The highest BCUT2D eigenvalue weighted by molar-refractivity contribution is 6.04. The zero-order valence-corrected chi connectivity index (χ0v) is 27.3. The SMILES string of the molecule is COCCCN1C(=O)C(C)(C)Oc2ccc(N(C(=O)[C@H]3CNC[C@@H](C(=O)N[C@@H](CC(C)C)C(C)(C)OC)C3)C3CC3)cc21. The number of benzene rings is 1. The maximum absolute atomic E-state index is 14.2. The summed E-state index contributed by atoms with van der Waals surface area (Å²) in [4.78, 5) is 44.7. The Balaban J connectivity index is 1.53. The molecule has 2 N–H and O–H groups in total. The number of piperidine rings is 1. The quantitative estimate of drug-likeness (QED) is 0.331. The smallest absolute Gasteiger partial charge is 0.270 e. The highest BCUT2D eigenvalue weighted by Crippen LogP contribution is 2.43. The fourth-order valence-electron chi connectivity index (χ4n) is 6.09. The van der Waals surface area contributed by atoms with Gasteiger partial charge in [-0.05, 0) is 83.9 Å². The molecule has 4 rings (SSSR count). The van der Waals surface area contributed by atoms with E-state index in [1.54, 1.807) is 33.0 Å². The number of methoxy groups -OCH3 is 2. The number of carbonyl (C=O) groups is 3. The van der Waals surface area contributed by atoms with E-state index in [0.717, 1.165) is 24.9 Å². The summed E-state index contributed by atoms with van der Waals surface area (Å²) < 4.78 is 17.0. The molecule has 1 aromatic rings. The number of hydrogen-bond donors (Lipinski definition) is 2. The molecule has 0 aromatic heterocycles. The molecule has 1 aliphatic carbocycles. The molecule has 2 fully saturated rings. The first-order chi connectivity index (χ1) is 20.3. The lowest BCUT2D eigenvalue weighted by molar-refractivity contribution is -0.133. The normalized spacial score (nSPS) is 22.5. The summed E-state index contributed by atoms with van der Waals surface area (Å²) in [6.45, 7) is 13.9. The van der Waals surface area contributed by atoms with Crippen LogP contribution in [0.2, 0.25) is 0 Å². The van der Waals surface area contributed by atoms with Crippen LogP contribution in [0.5, 0.6) is 5.75 Å². The molecule has 2 heterocycles. The predicted octanol–water partition coefficient (Wildman–Crippen LogP) is 3.90. The second-order valence-corrected chi connectivity index (χ2v) is 13.8. The number of fused-ring (bicyclic) bond motifs is 1. The first kappa shape index (κ1) is 33.2. The van der Waals surface area contributed by atoms with Gasteiger partial charge in [-0.3, -0.25) is 14.4 Å². The molecule has 1 saturated carbocycles. The monoisotopic (exact) mass is 600 g/mol. The predicted molar refractivity (Wildman–Crippen MR) is 167 cm³/mol. The molecule has 3 atom stereocenters. The summed E-state index contributed by atoms with van der Waals surface area (Å²) in [7, 11) is 3.32. The van der Waals surface area contributed by atoms with Gasteiger partial charge in [-0.2, -0.15) is 0 Å². The molecular weight excluding hydrogens is 548 g/mol.